The fourth-order valence-corrected chi connectivity index (χ4v) is 1.81. The number of nitrogens with zero attached hydrogens (tertiary/aromatic N) is 1. The summed E-state index contributed by atoms with van der Waals surface area (Å²) in [6.07, 6.45) is 0.534. The van der Waals surface area contributed by atoms with Gasteiger partial charge in [-0.05, 0) is 17.9 Å². The number of likely N-dealkylation sites (N-methyl/N-ethyl adjacent to an activating group) is 1. The molecule has 0 heterocycles. The Balaban J connectivity index is 3.70. The quantitative estimate of drug-likeness (QED) is 0.636. The Labute approximate surface area is 141 Å². The molecule has 0 radical (unpaired) electrons. The van der Waals surface area contributed by atoms with Crippen LogP contribution >= 0.6 is 0 Å². The van der Waals surface area contributed by atoms with Crippen molar-refractivity contribution in [2.75, 3.05) is 39.8 Å². The molecule has 0 spiro atoms. The zero-order valence-electron chi connectivity index (χ0n) is 16.0. The lowest BCUT2D eigenvalue weighted by atomic mass is 9.92. The number of rotatable bonds is 8. The summed E-state index contributed by atoms with van der Waals surface area (Å²) in [4.78, 5) is 25.4. The fraction of sp³-hybridized carbons (Fsp3) is 0.882. The average molecular weight is 329 g/mol. The van der Waals surface area contributed by atoms with Crippen LogP contribution in [-0.4, -0.2) is 56.6 Å². The van der Waals surface area contributed by atoms with E-state index in [1.54, 1.807) is 0 Å². The SMILES string of the molecule is CN(CCNC(=O)CC(C)(C)C)CCNC(=O)NCC(C)(C)C. The van der Waals surface area contributed by atoms with Gasteiger partial charge >= 0.3 is 6.03 Å². The first kappa shape index (κ1) is 21.7. The van der Waals surface area contributed by atoms with Gasteiger partial charge in [-0.25, -0.2) is 4.79 Å². The van der Waals surface area contributed by atoms with Gasteiger partial charge in [0.15, 0.2) is 0 Å². The average Bonchev–Trinajstić information content (AvgIpc) is 2.33. The molecule has 0 saturated heterocycles. The fourth-order valence-electron chi connectivity index (χ4n) is 1.81. The molecule has 3 amide bonds. The first-order valence-corrected chi connectivity index (χ1v) is 8.36. The molecule has 6 nitrogen and oxygen atoms in total. The normalized spacial score (nSPS) is 12.2. The van der Waals surface area contributed by atoms with Crippen molar-refractivity contribution >= 4 is 11.9 Å². The molecule has 0 rings (SSSR count). The smallest absolute Gasteiger partial charge is 0.314 e. The maximum Gasteiger partial charge on any atom is 0.314 e. The molecule has 3 N–H and O–H groups in total. The van der Waals surface area contributed by atoms with Crippen LogP contribution in [0.15, 0.2) is 0 Å². The highest BCUT2D eigenvalue weighted by molar-refractivity contribution is 5.76. The second kappa shape index (κ2) is 9.75. The van der Waals surface area contributed by atoms with Gasteiger partial charge in [-0.15, -0.1) is 0 Å². The van der Waals surface area contributed by atoms with Crippen molar-refractivity contribution in [1.29, 1.82) is 0 Å². The number of carbonyl (C=O) groups is 2. The largest absolute Gasteiger partial charge is 0.355 e. The molecule has 0 aromatic rings. The first-order chi connectivity index (χ1) is 10.4. The van der Waals surface area contributed by atoms with Crippen LogP contribution in [0.3, 0.4) is 0 Å². The Kier molecular flexibility index (Phi) is 9.20. The number of urea groups is 1. The zero-order valence-corrected chi connectivity index (χ0v) is 16.0. The second-order valence-electron chi connectivity index (χ2n) is 8.56. The summed E-state index contributed by atoms with van der Waals surface area (Å²) in [5, 5.41) is 8.61. The summed E-state index contributed by atoms with van der Waals surface area (Å²) in [6.45, 7) is 15.8. The van der Waals surface area contributed by atoms with Crippen molar-refractivity contribution in [1.82, 2.24) is 20.9 Å². The van der Waals surface area contributed by atoms with Gasteiger partial charge in [0.25, 0.3) is 0 Å². The lowest BCUT2D eigenvalue weighted by Gasteiger charge is -2.21. The molecule has 0 aliphatic heterocycles. The monoisotopic (exact) mass is 328 g/mol. The molecule has 0 atom stereocenters. The summed E-state index contributed by atoms with van der Waals surface area (Å²) in [7, 11) is 1.98. The highest BCUT2D eigenvalue weighted by Crippen LogP contribution is 2.17. The Hall–Kier alpha value is -1.30. The summed E-state index contributed by atoms with van der Waals surface area (Å²) in [5.74, 6) is 0.0885. The van der Waals surface area contributed by atoms with E-state index in [9.17, 15) is 9.59 Å². The van der Waals surface area contributed by atoms with Crippen LogP contribution in [0.2, 0.25) is 0 Å². The predicted molar refractivity (Wildman–Crippen MR) is 95.4 cm³/mol. The minimum absolute atomic E-state index is 0.0142. The molecule has 0 aliphatic carbocycles. The Bertz CT molecular complexity index is 370. The van der Waals surface area contributed by atoms with Crippen LogP contribution in [-0.2, 0) is 4.79 Å². The molecule has 23 heavy (non-hydrogen) atoms. The van der Waals surface area contributed by atoms with Gasteiger partial charge in [-0.3, -0.25) is 4.79 Å². The van der Waals surface area contributed by atoms with Crippen LogP contribution in [0.25, 0.3) is 0 Å². The van der Waals surface area contributed by atoms with Crippen LogP contribution < -0.4 is 16.0 Å². The topological polar surface area (TPSA) is 73.5 Å². The summed E-state index contributed by atoms with van der Waals surface area (Å²) in [6, 6.07) is -0.133. The lowest BCUT2D eigenvalue weighted by molar-refractivity contribution is -0.122. The molecule has 0 unspecified atom stereocenters. The van der Waals surface area contributed by atoms with Crippen molar-refractivity contribution in [2.24, 2.45) is 10.8 Å². The second-order valence-corrected chi connectivity index (χ2v) is 8.56. The van der Waals surface area contributed by atoms with E-state index in [1.165, 1.54) is 0 Å². The van der Waals surface area contributed by atoms with Crippen molar-refractivity contribution in [3.63, 3.8) is 0 Å². The van der Waals surface area contributed by atoms with Crippen molar-refractivity contribution in [3.8, 4) is 0 Å². The molecule has 0 saturated carbocycles. The van der Waals surface area contributed by atoms with Gasteiger partial charge in [0.1, 0.15) is 0 Å². The maximum absolute atomic E-state index is 11.7. The predicted octanol–water partition coefficient (Wildman–Crippen LogP) is 1.82. The van der Waals surface area contributed by atoms with Gasteiger partial charge in [-0.1, -0.05) is 41.5 Å². The number of hydrogen-bond acceptors (Lipinski definition) is 3. The highest BCUT2D eigenvalue weighted by atomic mass is 16.2. The third-order valence-corrected chi connectivity index (χ3v) is 3.06. The van der Waals surface area contributed by atoms with Crippen LogP contribution in [0.4, 0.5) is 4.79 Å². The molecule has 6 heteroatoms. The summed E-state index contributed by atoms with van der Waals surface area (Å²) < 4.78 is 0. The summed E-state index contributed by atoms with van der Waals surface area (Å²) >= 11 is 0. The Morgan fingerprint density at radius 2 is 1.35 bits per heavy atom. The molecular weight excluding hydrogens is 292 g/mol. The standard InChI is InChI=1S/C17H36N4O2/c1-16(2,3)12-14(22)18-8-10-21(7)11-9-19-15(23)20-13-17(4,5)6/h8-13H2,1-7H3,(H,18,22)(H2,19,20,23). The van der Waals surface area contributed by atoms with E-state index in [0.29, 0.717) is 26.1 Å². The van der Waals surface area contributed by atoms with E-state index in [-0.39, 0.29) is 22.8 Å². The van der Waals surface area contributed by atoms with Gasteiger partial charge in [0.2, 0.25) is 5.91 Å². The van der Waals surface area contributed by atoms with Gasteiger partial charge in [0, 0.05) is 39.1 Å². The minimum atomic E-state index is -0.133. The highest BCUT2D eigenvalue weighted by Gasteiger charge is 2.15. The molecule has 0 aromatic heterocycles. The molecule has 0 aliphatic rings. The zero-order chi connectivity index (χ0) is 18.1. The third kappa shape index (κ3) is 15.4. The molecular formula is C17H36N4O2. The van der Waals surface area contributed by atoms with E-state index in [2.05, 4.69) is 62.4 Å². The molecule has 0 bridgehead atoms. The van der Waals surface area contributed by atoms with Crippen LogP contribution in [0.5, 0.6) is 0 Å². The summed E-state index contributed by atoms with van der Waals surface area (Å²) in [5.41, 5.74) is 0.0969. The Morgan fingerprint density at radius 3 is 1.83 bits per heavy atom. The molecule has 136 valence electrons. The number of hydrogen-bond donors (Lipinski definition) is 3. The van der Waals surface area contributed by atoms with E-state index < -0.39 is 0 Å². The number of nitrogens with one attached hydrogen (secondary N) is 3. The van der Waals surface area contributed by atoms with Gasteiger partial charge in [0.05, 0.1) is 0 Å². The number of amides is 3. The minimum Gasteiger partial charge on any atom is -0.355 e. The lowest BCUT2D eigenvalue weighted by Crippen LogP contribution is -2.43. The Morgan fingerprint density at radius 1 is 0.826 bits per heavy atom. The number of carbonyl (C=O) groups excluding carboxylic acids is 2. The van der Waals surface area contributed by atoms with Gasteiger partial charge < -0.3 is 20.9 Å². The molecule has 0 aromatic carbocycles. The van der Waals surface area contributed by atoms with E-state index in [4.69, 9.17) is 0 Å². The van der Waals surface area contributed by atoms with E-state index in [0.717, 1.165) is 13.1 Å². The van der Waals surface area contributed by atoms with E-state index in [1.807, 2.05) is 7.05 Å². The van der Waals surface area contributed by atoms with Crippen molar-refractivity contribution < 1.29 is 9.59 Å². The maximum atomic E-state index is 11.7. The van der Waals surface area contributed by atoms with Crippen LogP contribution in [0.1, 0.15) is 48.0 Å². The van der Waals surface area contributed by atoms with Crippen LogP contribution in [0, 0.1) is 10.8 Å². The third-order valence-electron chi connectivity index (χ3n) is 3.06. The van der Waals surface area contributed by atoms with Crippen molar-refractivity contribution in [3.05, 3.63) is 0 Å². The van der Waals surface area contributed by atoms with E-state index >= 15 is 0 Å². The molecule has 0 fully saturated rings. The van der Waals surface area contributed by atoms with Gasteiger partial charge in [-0.2, -0.15) is 0 Å². The van der Waals surface area contributed by atoms with Crippen molar-refractivity contribution in [2.45, 2.75) is 48.0 Å². The first-order valence-electron chi connectivity index (χ1n) is 8.36.